The monoisotopic (exact) mass is 492 g/mol. The molecule has 0 saturated heterocycles. The van der Waals surface area contributed by atoms with E-state index in [-0.39, 0.29) is 24.2 Å². The Balaban J connectivity index is 1.66. The summed E-state index contributed by atoms with van der Waals surface area (Å²) in [6, 6.07) is 1.79. The first-order valence-corrected chi connectivity index (χ1v) is 11.5. The van der Waals surface area contributed by atoms with E-state index in [1.165, 1.54) is 29.6 Å². The Labute approximate surface area is 205 Å². The predicted octanol–water partition coefficient (Wildman–Crippen LogP) is -0.676. The van der Waals surface area contributed by atoms with Gasteiger partial charge in [-0.2, -0.15) is 0 Å². The summed E-state index contributed by atoms with van der Waals surface area (Å²) < 4.78 is 0. The van der Waals surface area contributed by atoms with Crippen LogP contribution in [0, 0.1) is 23.7 Å². The van der Waals surface area contributed by atoms with E-state index in [0.29, 0.717) is 16.8 Å². The molecule has 6 atom stereocenters. The number of benzene rings is 1. The van der Waals surface area contributed by atoms with Crippen molar-refractivity contribution in [2.45, 2.75) is 24.5 Å². The van der Waals surface area contributed by atoms with Crippen LogP contribution in [0.15, 0.2) is 30.7 Å². The highest BCUT2D eigenvalue weighted by Crippen LogP contribution is 2.51. The molecule has 5 rings (SSSR count). The van der Waals surface area contributed by atoms with E-state index in [2.05, 4.69) is 9.97 Å². The molecule has 186 valence electrons. The lowest BCUT2D eigenvalue weighted by Gasteiger charge is -2.52. The molecule has 36 heavy (non-hydrogen) atoms. The van der Waals surface area contributed by atoms with Gasteiger partial charge in [0.25, 0.3) is 0 Å². The highest BCUT2D eigenvalue weighted by molar-refractivity contribution is 6.32. The number of nitrogens with two attached hydrogens (primary N) is 1. The molecule has 2 fully saturated rings. The molecule has 4 N–H and O–H groups in total. The number of rotatable bonds is 3. The maximum atomic E-state index is 13.8. The smallest absolute Gasteiger partial charge is 0.235 e. The van der Waals surface area contributed by atoms with Crippen LogP contribution in [-0.2, 0) is 25.6 Å². The Morgan fingerprint density at radius 2 is 1.86 bits per heavy atom. The summed E-state index contributed by atoms with van der Waals surface area (Å²) >= 11 is 0. The zero-order valence-electron chi connectivity index (χ0n) is 19.5. The van der Waals surface area contributed by atoms with Crippen LogP contribution in [-0.4, -0.2) is 79.9 Å². The number of aromatic nitrogens is 2. The summed E-state index contributed by atoms with van der Waals surface area (Å²) in [6.07, 6.45) is 4.64. The number of aliphatic hydroxyl groups is 1. The first-order valence-electron chi connectivity index (χ1n) is 11.5. The first kappa shape index (κ1) is 23.9. The number of phenols is 1. The van der Waals surface area contributed by atoms with Crippen LogP contribution in [0.5, 0.6) is 5.75 Å². The first-order chi connectivity index (χ1) is 17.0. The zero-order valence-corrected chi connectivity index (χ0v) is 19.5. The van der Waals surface area contributed by atoms with Gasteiger partial charge in [0.05, 0.1) is 29.4 Å². The second-order valence-corrected chi connectivity index (χ2v) is 9.87. The normalized spacial score (nSPS) is 31.6. The van der Waals surface area contributed by atoms with E-state index in [4.69, 9.17) is 5.73 Å². The Morgan fingerprint density at radius 3 is 2.47 bits per heavy atom. The summed E-state index contributed by atoms with van der Waals surface area (Å²) in [7, 11) is 3.08. The average Bonchev–Trinajstić information content (AvgIpc) is 2.81. The molecule has 0 aliphatic heterocycles. The lowest BCUT2D eigenvalue weighted by atomic mass is 9.52. The van der Waals surface area contributed by atoms with Crippen molar-refractivity contribution in [3.63, 3.8) is 0 Å². The van der Waals surface area contributed by atoms with E-state index in [9.17, 15) is 34.2 Å². The zero-order chi connectivity index (χ0) is 26.1. The Kier molecular flexibility index (Phi) is 5.38. The van der Waals surface area contributed by atoms with Crippen molar-refractivity contribution >= 4 is 29.0 Å². The number of hydrogen-bond acceptors (Lipinski definition) is 10. The lowest BCUT2D eigenvalue weighted by molar-refractivity contribution is -0.181. The fourth-order valence-electron chi connectivity index (χ4n) is 6.28. The molecular weight excluding hydrogens is 468 g/mol. The van der Waals surface area contributed by atoms with Crippen LogP contribution in [0.4, 0.5) is 0 Å². The Bertz CT molecular complexity index is 1340. The minimum Gasteiger partial charge on any atom is -0.507 e. The molecule has 0 bridgehead atoms. The number of ketones is 4. The summed E-state index contributed by atoms with van der Waals surface area (Å²) in [4.78, 5) is 75.7. The van der Waals surface area contributed by atoms with E-state index >= 15 is 0 Å². The summed E-state index contributed by atoms with van der Waals surface area (Å²) in [6.45, 7) is 0. The fraction of sp³-hybridized carbons (Fsp3) is 0.400. The van der Waals surface area contributed by atoms with Crippen LogP contribution in [0.1, 0.15) is 22.3 Å². The number of carbonyl (C=O) groups excluding carboxylic acids is 5. The number of amides is 1. The minimum atomic E-state index is -2.74. The van der Waals surface area contributed by atoms with Crippen molar-refractivity contribution < 1.29 is 34.2 Å². The SMILES string of the molecule is CN(C)[C@@H]1C(=O)C(C(N)=O)C(=O)[C@@]2(O)C(=O)C3C(=O)c4c(O)ccc(-c5cnccn5)c4C[C@H]3C[C@@H]12. The van der Waals surface area contributed by atoms with Crippen molar-refractivity contribution in [2.75, 3.05) is 14.1 Å². The van der Waals surface area contributed by atoms with E-state index in [0.717, 1.165) is 0 Å². The maximum Gasteiger partial charge on any atom is 0.235 e. The Morgan fingerprint density at radius 1 is 1.14 bits per heavy atom. The molecule has 2 aromatic rings. The number of primary amides is 1. The van der Waals surface area contributed by atoms with Gasteiger partial charge >= 0.3 is 0 Å². The van der Waals surface area contributed by atoms with Gasteiger partial charge in [-0.3, -0.25) is 38.8 Å². The van der Waals surface area contributed by atoms with Crippen LogP contribution >= 0.6 is 0 Å². The van der Waals surface area contributed by atoms with Gasteiger partial charge in [0, 0.05) is 23.9 Å². The van der Waals surface area contributed by atoms with E-state index in [1.807, 2.05) is 0 Å². The molecule has 11 heteroatoms. The van der Waals surface area contributed by atoms with Gasteiger partial charge in [0.2, 0.25) is 5.91 Å². The second-order valence-electron chi connectivity index (χ2n) is 9.87. The third-order valence-electron chi connectivity index (χ3n) is 7.78. The van der Waals surface area contributed by atoms with Crippen molar-refractivity contribution in [3.8, 4) is 17.0 Å². The minimum absolute atomic E-state index is 0.0144. The van der Waals surface area contributed by atoms with Crippen LogP contribution in [0.2, 0.25) is 0 Å². The van der Waals surface area contributed by atoms with E-state index < -0.39 is 64.4 Å². The van der Waals surface area contributed by atoms with Gasteiger partial charge in [-0.05, 0) is 50.6 Å². The van der Waals surface area contributed by atoms with E-state index in [1.54, 1.807) is 20.2 Å². The van der Waals surface area contributed by atoms with Crippen LogP contribution < -0.4 is 5.73 Å². The van der Waals surface area contributed by atoms with Crippen LogP contribution in [0.3, 0.4) is 0 Å². The Hall–Kier alpha value is -3.83. The predicted molar refractivity (Wildman–Crippen MR) is 122 cm³/mol. The van der Waals surface area contributed by atoms with Crippen molar-refractivity contribution in [3.05, 3.63) is 41.9 Å². The molecule has 1 amide bonds. The number of likely N-dealkylation sites (N-methyl/N-ethyl adjacent to an activating group) is 1. The summed E-state index contributed by atoms with van der Waals surface area (Å²) in [5.41, 5.74) is 4.00. The maximum absolute atomic E-state index is 13.8. The molecule has 1 aromatic heterocycles. The number of fused-ring (bicyclic) bond motifs is 3. The molecule has 0 spiro atoms. The summed E-state index contributed by atoms with van der Waals surface area (Å²) in [5, 5.41) is 22.1. The number of nitrogens with zero attached hydrogens (tertiary/aromatic N) is 3. The van der Waals surface area contributed by atoms with Gasteiger partial charge < -0.3 is 15.9 Å². The molecule has 2 unspecified atom stereocenters. The number of phenolic OH excluding ortho intramolecular Hbond substituents is 1. The molecule has 1 aromatic carbocycles. The molecule has 0 radical (unpaired) electrons. The van der Waals surface area contributed by atoms with Crippen molar-refractivity contribution in [2.24, 2.45) is 29.4 Å². The third-order valence-corrected chi connectivity index (χ3v) is 7.78. The third kappa shape index (κ3) is 3.09. The van der Waals surface area contributed by atoms with Crippen molar-refractivity contribution in [1.29, 1.82) is 0 Å². The topological polar surface area (TPSA) is 181 Å². The lowest BCUT2D eigenvalue weighted by Crippen LogP contribution is -2.74. The van der Waals surface area contributed by atoms with Gasteiger partial charge in [-0.1, -0.05) is 0 Å². The number of hydrogen-bond donors (Lipinski definition) is 3. The fourth-order valence-corrected chi connectivity index (χ4v) is 6.28. The van der Waals surface area contributed by atoms with Gasteiger partial charge in [0.1, 0.15) is 5.75 Å². The van der Waals surface area contributed by atoms with Gasteiger partial charge in [-0.15, -0.1) is 0 Å². The molecule has 3 aliphatic carbocycles. The molecule has 3 aliphatic rings. The van der Waals surface area contributed by atoms with Crippen molar-refractivity contribution in [1.82, 2.24) is 14.9 Å². The number of carbonyl (C=O) groups is 5. The average molecular weight is 492 g/mol. The quantitative estimate of drug-likeness (QED) is 0.465. The molecular formula is C25H24N4O7. The molecule has 2 saturated carbocycles. The standard InChI is InChI=1S/C25H24N4O7/c1-29(2)19-13-8-10-7-12-11(14-9-27-5-6-28-14)3-4-15(30)17(12)20(31)16(10)22(33)25(13,36)23(34)18(21(19)32)24(26)35/h3-6,9-10,13,16,18-19,30,36H,7-8H2,1-2H3,(H2,26,35)/t10-,13-,16?,18?,19-,25-/m0/s1. The van der Waals surface area contributed by atoms with Crippen LogP contribution in [0.25, 0.3) is 11.3 Å². The molecule has 11 nitrogen and oxygen atoms in total. The largest absolute Gasteiger partial charge is 0.507 e. The highest BCUT2D eigenvalue weighted by atomic mass is 16.3. The van der Waals surface area contributed by atoms with Gasteiger partial charge in [0.15, 0.2) is 34.7 Å². The highest BCUT2D eigenvalue weighted by Gasteiger charge is 2.69. The molecule has 1 heterocycles. The summed E-state index contributed by atoms with van der Waals surface area (Å²) in [5.74, 6) is -10.7. The number of aromatic hydroxyl groups is 1. The number of Topliss-reactive ketones (excluding diaryl/α,β-unsaturated/α-hetero) is 4. The van der Waals surface area contributed by atoms with Gasteiger partial charge in [-0.25, -0.2) is 0 Å². The second kappa shape index (κ2) is 8.10.